The second-order valence-corrected chi connectivity index (χ2v) is 11.4. The molecule has 1 amide bonds. The Hall–Kier alpha value is -2.08. The highest BCUT2D eigenvalue weighted by Gasteiger charge is 2.56. The monoisotopic (exact) mass is 669 g/mol. The van der Waals surface area contributed by atoms with Gasteiger partial charge in [-0.3, -0.25) is 0 Å². The molecule has 9 unspecified atom stereocenters. The summed E-state index contributed by atoms with van der Waals surface area (Å²) in [5, 5.41) is 83.9. The second kappa shape index (κ2) is 15.9. The van der Waals surface area contributed by atoms with E-state index in [2.05, 4.69) is 11.9 Å². The highest BCUT2D eigenvalue weighted by atomic mass is 16.8. The van der Waals surface area contributed by atoms with Crippen LogP contribution >= 0.6 is 0 Å². The summed E-state index contributed by atoms with van der Waals surface area (Å²) in [5.41, 5.74) is 0. The lowest BCUT2D eigenvalue weighted by Crippen LogP contribution is -2.65. The molecule has 19 heteroatoms. The fraction of sp³-hybridized carbons (Fsp3) is 0.852. The summed E-state index contributed by atoms with van der Waals surface area (Å²) >= 11 is 0. The molecule has 0 aromatic carbocycles. The lowest BCUT2D eigenvalue weighted by molar-refractivity contribution is -0.368. The molecule has 4 rings (SSSR count). The summed E-state index contributed by atoms with van der Waals surface area (Å²) in [7, 11) is 0. The summed E-state index contributed by atoms with van der Waals surface area (Å²) in [6, 6.07) is 0. The van der Waals surface area contributed by atoms with E-state index >= 15 is 0 Å². The van der Waals surface area contributed by atoms with Crippen LogP contribution in [0.15, 0.2) is 12.7 Å². The van der Waals surface area contributed by atoms with Gasteiger partial charge in [0.1, 0.15) is 61.0 Å². The number of nitrogens with one attached hydrogen (secondary N) is 1. The molecule has 4 aliphatic heterocycles. The molecule has 19 nitrogen and oxygen atoms in total. The molecule has 264 valence electrons. The minimum atomic E-state index is -2.04. The van der Waals surface area contributed by atoms with E-state index in [1.807, 2.05) is 0 Å². The maximum Gasteiger partial charge on any atom is 0.407 e. The number of unbranched alkanes of at least 4 members (excludes halogenated alkanes) is 1. The standard InChI is InChI=1S/C27H43NO18/c1-3-4-5-6-39-26(38)28-8-13-11(7-12-22(41-13)46-27(2,45-12)25(36)37)40-23-20(35)18(33)21(15(10-30)43-23)44-24-19(34)17(32)16(31)14(9-29)42-24/h3,11-24,29-35H,1,4-10H2,2H3,(H,28,38)(H,36,37)/t11-,12?,13?,14?,15?,16-,17?,18?,19?,20?,21-,22+,23+,24+,27?/m0/s1. The summed E-state index contributed by atoms with van der Waals surface area (Å²) < 4.78 is 44.6. The highest BCUT2D eigenvalue weighted by Crippen LogP contribution is 2.39. The van der Waals surface area contributed by atoms with Gasteiger partial charge in [0.05, 0.1) is 25.9 Å². The average molecular weight is 670 g/mol. The van der Waals surface area contributed by atoms with Gasteiger partial charge >= 0.3 is 12.1 Å². The van der Waals surface area contributed by atoms with Gasteiger partial charge in [-0.25, -0.2) is 9.59 Å². The Bertz CT molecular complexity index is 1030. The largest absolute Gasteiger partial charge is 0.477 e. The zero-order valence-corrected chi connectivity index (χ0v) is 25.0. The van der Waals surface area contributed by atoms with Crippen molar-refractivity contribution in [1.82, 2.24) is 5.32 Å². The van der Waals surface area contributed by atoms with Crippen molar-refractivity contribution in [2.24, 2.45) is 0 Å². The molecule has 0 radical (unpaired) electrons. The number of amides is 1. The van der Waals surface area contributed by atoms with Crippen molar-refractivity contribution in [2.75, 3.05) is 26.4 Å². The van der Waals surface area contributed by atoms with Gasteiger partial charge in [0.15, 0.2) is 18.9 Å². The van der Waals surface area contributed by atoms with Crippen molar-refractivity contribution in [3.05, 3.63) is 12.7 Å². The average Bonchev–Trinajstić information content (AvgIpc) is 3.37. The number of alkyl carbamates (subject to hydrolysis) is 1. The lowest BCUT2D eigenvalue weighted by Gasteiger charge is -2.47. The predicted molar refractivity (Wildman–Crippen MR) is 145 cm³/mol. The number of aliphatic hydroxyl groups excluding tert-OH is 7. The van der Waals surface area contributed by atoms with Gasteiger partial charge in [-0.2, -0.15) is 0 Å². The first-order chi connectivity index (χ1) is 21.8. The van der Waals surface area contributed by atoms with Crippen LogP contribution in [0.25, 0.3) is 0 Å². The maximum atomic E-state index is 12.2. The van der Waals surface area contributed by atoms with E-state index in [0.717, 1.165) is 0 Å². The molecule has 0 aromatic heterocycles. The number of allylic oxidation sites excluding steroid dienone is 1. The molecular weight excluding hydrogens is 626 g/mol. The van der Waals surface area contributed by atoms with Gasteiger partial charge < -0.3 is 84.1 Å². The summed E-state index contributed by atoms with van der Waals surface area (Å²) in [6.45, 7) is 3.14. The van der Waals surface area contributed by atoms with E-state index in [0.29, 0.717) is 12.8 Å². The number of aliphatic hydroxyl groups is 7. The number of rotatable bonds is 13. The molecule has 0 spiro atoms. The highest BCUT2D eigenvalue weighted by molar-refractivity contribution is 5.75. The lowest BCUT2D eigenvalue weighted by atomic mass is 9.96. The van der Waals surface area contributed by atoms with Gasteiger partial charge in [-0.15, -0.1) is 6.58 Å². The van der Waals surface area contributed by atoms with Crippen LogP contribution in [0.3, 0.4) is 0 Å². The van der Waals surface area contributed by atoms with E-state index in [9.17, 15) is 50.4 Å². The molecule has 0 bridgehead atoms. The Labute approximate surface area is 263 Å². The van der Waals surface area contributed by atoms with E-state index in [1.165, 1.54) is 6.92 Å². The smallest absolute Gasteiger partial charge is 0.407 e. The minimum absolute atomic E-state index is 0.0778. The van der Waals surface area contributed by atoms with E-state index < -0.39 is 117 Å². The number of carboxylic acid groups (broad SMARTS) is 1. The fourth-order valence-electron chi connectivity index (χ4n) is 5.48. The topological polar surface area (TPSA) is 282 Å². The maximum absolute atomic E-state index is 12.2. The zero-order chi connectivity index (χ0) is 33.8. The molecule has 9 N–H and O–H groups in total. The van der Waals surface area contributed by atoms with Crippen LogP contribution in [-0.4, -0.2) is 171 Å². The molecule has 46 heavy (non-hydrogen) atoms. The van der Waals surface area contributed by atoms with Crippen LogP contribution in [0.4, 0.5) is 4.79 Å². The third-order valence-corrected chi connectivity index (χ3v) is 8.10. The van der Waals surface area contributed by atoms with Crippen LogP contribution in [0, 0.1) is 0 Å². The molecule has 4 aliphatic rings. The Morgan fingerprint density at radius 2 is 1.54 bits per heavy atom. The number of carbonyl (C=O) groups excluding carboxylic acids is 1. The fourth-order valence-corrected chi connectivity index (χ4v) is 5.48. The SMILES string of the molecule is C=CCCCOC(=O)NCC1O[C@@H]2OC(C)(C(=O)O)OC2C[C@@H]1O[C@@H]1OC(CO)[C@H](O[C@H]2OC(CO)[C@H](O)C(O)C2O)C(O)C1O. The molecule has 4 heterocycles. The van der Waals surface area contributed by atoms with E-state index in [-0.39, 0.29) is 19.6 Å². The van der Waals surface area contributed by atoms with Crippen molar-refractivity contribution < 1.29 is 88.3 Å². The Balaban J connectivity index is 1.44. The zero-order valence-electron chi connectivity index (χ0n) is 25.0. The summed E-state index contributed by atoms with van der Waals surface area (Å²) in [4.78, 5) is 24.0. The molecule has 4 fully saturated rings. The third-order valence-electron chi connectivity index (χ3n) is 8.10. The Morgan fingerprint density at radius 1 is 0.891 bits per heavy atom. The van der Waals surface area contributed by atoms with Crippen LogP contribution < -0.4 is 5.32 Å². The minimum Gasteiger partial charge on any atom is -0.477 e. The van der Waals surface area contributed by atoms with Crippen molar-refractivity contribution in [1.29, 1.82) is 0 Å². The molecule has 15 atom stereocenters. The van der Waals surface area contributed by atoms with Crippen molar-refractivity contribution in [2.45, 2.75) is 118 Å². The molecule has 4 saturated heterocycles. The summed E-state index contributed by atoms with van der Waals surface area (Å²) in [6.07, 6.45) is -18.9. The van der Waals surface area contributed by atoms with Crippen LogP contribution in [0.2, 0.25) is 0 Å². The normalized spacial score (nSPS) is 44.3. The number of ether oxygens (including phenoxy) is 8. The first-order valence-corrected chi connectivity index (χ1v) is 14.8. The second-order valence-electron chi connectivity index (χ2n) is 11.4. The number of carbonyl (C=O) groups is 2. The summed E-state index contributed by atoms with van der Waals surface area (Å²) in [5.74, 6) is -3.45. The van der Waals surface area contributed by atoms with Crippen molar-refractivity contribution >= 4 is 12.1 Å². The number of hydrogen-bond donors (Lipinski definition) is 9. The van der Waals surface area contributed by atoms with Gasteiger partial charge in [-0.1, -0.05) is 6.08 Å². The first-order valence-electron chi connectivity index (χ1n) is 14.8. The van der Waals surface area contributed by atoms with Gasteiger partial charge in [0.2, 0.25) is 0 Å². The molecule has 0 aromatic rings. The number of fused-ring (bicyclic) bond motifs is 1. The first kappa shape index (κ1) is 36.8. The third kappa shape index (κ3) is 8.13. The number of aliphatic carboxylic acids is 1. The molecule has 0 saturated carbocycles. The Kier molecular flexibility index (Phi) is 12.7. The van der Waals surface area contributed by atoms with E-state index in [1.54, 1.807) is 6.08 Å². The molecular formula is C27H43NO18. The van der Waals surface area contributed by atoms with Crippen LogP contribution in [-0.2, 0) is 42.7 Å². The van der Waals surface area contributed by atoms with Crippen LogP contribution in [0.5, 0.6) is 0 Å². The Morgan fingerprint density at radius 3 is 2.20 bits per heavy atom. The number of hydrogen-bond acceptors (Lipinski definition) is 17. The van der Waals surface area contributed by atoms with E-state index in [4.69, 9.17) is 37.9 Å². The van der Waals surface area contributed by atoms with Gasteiger partial charge in [0.25, 0.3) is 5.79 Å². The van der Waals surface area contributed by atoms with Crippen molar-refractivity contribution in [3.8, 4) is 0 Å². The number of carboxylic acids is 1. The van der Waals surface area contributed by atoms with Gasteiger partial charge in [-0.05, 0) is 12.8 Å². The molecule has 0 aliphatic carbocycles. The van der Waals surface area contributed by atoms with Crippen LogP contribution in [0.1, 0.15) is 26.2 Å². The quantitative estimate of drug-likeness (QED) is 0.0667. The van der Waals surface area contributed by atoms with Crippen molar-refractivity contribution in [3.63, 3.8) is 0 Å². The van der Waals surface area contributed by atoms with Gasteiger partial charge in [0, 0.05) is 19.9 Å². The predicted octanol–water partition coefficient (Wildman–Crippen LogP) is -3.98.